The van der Waals surface area contributed by atoms with E-state index in [4.69, 9.17) is 16.3 Å². The van der Waals surface area contributed by atoms with Gasteiger partial charge in [-0.15, -0.1) is 0 Å². The van der Waals surface area contributed by atoms with Crippen molar-refractivity contribution in [2.45, 2.75) is 26.2 Å². The van der Waals surface area contributed by atoms with Gasteiger partial charge in [0.15, 0.2) is 0 Å². The molecule has 8 heteroatoms. The van der Waals surface area contributed by atoms with Crippen molar-refractivity contribution in [3.05, 3.63) is 100 Å². The number of aldehydes is 1. The number of aryl methyl sites for hydroxylation is 1. The number of unbranched alkanes of at least 4 members (excludes halogenated alkanes) is 1. The Morgan fingerprint density at radius 1 is 0.944 bits per heavy atom. The summed E-state index contributed by atoms with van der Waals surface area (Å²) in [7, 11) is 0. The van der Waals surface area contributed by atoms with Crippen LogP contribution in [0.25, 0.3) is 0 Å². The molecule has 0 aromatic heterocycles. The Morgan fingerprint density at radius 2 is 1.61 bits per heavy atom. The van der Waals surface area contributed by atoms with Gasteiger partial charge in [-0.1, -0.05) is 37.1 Å². The number of amides is 2. The second-order valence-electron chi connectivity index (χ2n) is 8.18. The zero-order valence-electron chi connectivity index (χ0n) is 19.5. The number of carbonyl (C=O) groups is 4. The molecular weight excluding hydrogens is 480 g/mol. The average Bonchev–Trinajstić information content (AvgIpc) is 3.11. The predicted molar refractivity (Wildman–Crippen MR) is 137 cm³/mol. The first kappa shape index (κ1) is 24.9. The summed E-state index contributed by atoms with van der Waals surface area (Å²) in [6, 6.07) is 19.6. The van der Waals surface area contributed by atoms with Crippen molar-refractivity contribution >= 4 is 47.0 Å². The molecule has 0 aliphatic carbocycles. The van der Waals surface area contributed by atoms with Crippen LogP contribution < -0.4 is 15.0 Å². The highest BCUT2D eigenvalue weighted by Gasteiger charge is 2.38. The Labute approximate surface area is 213 Å². The number of hydrogen-bond acceptors (Lipinski definition) is 6. The van der Waals surface area contributed by atoms with Crippen LogP contribution in [0.5, 0.6) is 5.75 Å². The second kappa shape index (κ2) is 11.0. The summed E-state index contributed by atoms with van der Waals surface area (Å²) in [5.41, 5.74) is 2.75. The molecule has 3 aromatic carbocycles. The maximum absolute atomic E-state index is 13.0. The van der Waals surface area contributed by atoms with E-state index in [9.17, 15) is 19.2 Å². The van der Waals surface area contributed by atoms with Crippen molar-refractivity contribution in [2.24, 2.45) is 0 Å². The van der Waals surface area contributed by atoms with Crippen LogP contribution in [0.4, 0.5) is 11.4 Å². The van der Waals surface area contributed by atoms with Gasteiger partial charge < -0.3 is 10.1 Å². The van der Waals surface area contributed by atoms with Crippen molar-refractivity contribution in [3.8, 4) is 5.75 Å². The van der Waals surface area contributed by atoms with Gasteiger partial charge in [-0.2, -0.15) is 0 Å². The Hall–Kier alpha value is -4.23. The summed E-state index contributed by atoms with van der Waals surface area (Å²) < 4.78 is 5.30. The van der Waals surface area contributed by atoms with Crippen LogP contribution in [0.1, 0.15) is 46.0 Å². The van der Waals surface area contributed by atoms with E-state index in [1.54, 1.807) is 36.4 Å². The summed E-state index contributed by atoms with van der Waals surface area (Å²) in [6.45, 7) is 2.12. The molecule has 0 fully saturated rings. The van der Waals surface area contributed by atoms with Gasteiger partial charge in [0.2, 0.25) is 0 Å². The highest BCUT2D eigenvalue weighted by atomic mass is 35.5. The number of nitrogens with zero attached hydrogens (tertiary/aromatic N) is 1. The Morgan fingerprint density at radius 3 is 2.22 bits per heavy atom. The predicted octanol–water partition coefficient (Wildman–Crippen LogP) is 5.50. The van der Waals surface area contributed by atoms with Gasteiger partial charge in [0.05, 0.1) is 11.3 Å². The van der Waals surface area contributed by atoms with E-state index >= 15 is 0 Å². The van der Waals surface area contributed by atoms with Gasteiger partial charge in [0, 0.05) is 11.3 Å². The first-order chi connectivity index (χ1) is 17.4. The maximum atomic E-state index is 13.0. The molecule has 1 aliphatic heterocycles. The summed E-state index contributed by atoms with van der Waals surface area (Å²) in [4.78, 5) is 49.9. The van der Waals surface area contributed by atoms with Crippen LogP contribution in [0, 0.1) is 0 Å². The molecule has 182 valence electrons. The quantitative estimate of drug-likeness (QED) is 0.180. The molecule has 1 aliphatic rings. The summed E-state index contributed by atoms with van der Waals surface area (Å²) >= 11 is 6.22. The fraction of sp³-hybridized carbons (Fsp3) is 0.143. The zero-order valence-corrected chi connectivity index (χ0v) is 20.2. The molecule has 36 heavy (non-hydrogen) atoms. The fourth-order valence-electron chi connectivity index (χ4n) is 3.65. The molecule has 1 heterocycles. The molecule has 4 rings (SSSR count). The third-order valence-electron chi connectivity index (χ3n) is 5.66. The van der Waals surface area contributed by atoms with E-state index in [1.807, 2.05) is 12.1 Å². The van der Waals surface area contributed by atoms with E-state index in [1.165, 1.54) is 24.3 Å². The van der Waals surface area contributed by atoms with Gasteiger partial charge in [-0.3, -0.25) is 14.4 Å². The Balaban J connectivity index is 1.43. The summed E-state index contributed by atoms with van der Waals surface area (Å²) in [5, 5.41) is 2.68. The molecule has 0 spiro atoms. The van der Waals surface area contributed by atoms with E-state index in [2.05, 4.69) is 12.2 Å². The SMILES string of the molecule is CCCCc1ccc(N2C(=O)C(Cl)=C(Nc3ccc(C(=O)Oc4ccc(C=O)cc4)cc3)C2=O)cc1. The number of esters is 1. The maximum Gasteiger partial charge on any atom is 0.343 e. The lowest BCUT2D eigenvalue weighted by Crippen LogP contribution is -2.32. The van der Waals surface area contributed by atoms with Gasteiger partial charge in [0.1, 0.15) is 22.8 Å². The largest absolute Gasteiger partial charge is 0.423 e. The Kier molecular flexibility index (Phi) is 7.61. The van der Waals surface area contributed by atoms with Crippen molar-refractivity contribution in [1.29, 1.82) is 0 Å². The number of benzene rings is 3. The monoisotopic (exact) mass is 502 g/mol. The first-order valence-corrected chi connectivity index (χ1v) is 11.8. The number of nitrogens with one attached hydrogen (secondary N) is 1. The molecule has 0 saturated carbocycles. The van der Waals surface area contributed by atoms with E-state index < -0.39 is 17.8 Å². The molecule has 0 saturated heterocycles. The van der Waals surface area contributed by atoms with Crippen molar-refractivity contribution in [2.75, 3.05) is 10.2 Å². The molecule has 0 unspecified atom stereocenters. The van der Waals surface area contributed by atoms with E-state index in [0.717, 1.165) is 29.7 Å². The zero-order chi connectivity index (χ0) is 25.7. The summed E-state index contributed by atoms with van der Waals surface area (Å²) in [6.07, 6.45) is 3.77. The number of imide groups is 1. The second-order valence-corrected chi connectivity index (χ2v) is 8.56. The smallest absolute Gasteiger partial charge is 0.343 e. The molecule has 1 N–H and O–H groups in total. The number of carbonyl (C=O) groups excluding carboxylic acids is 4. The van der Waals surface area contributed by atoms with Crippen LogP contribution in [-0.4, -0.2) is 24.1 Å². The number of anilines is 2. The van der Waals surface area contributed by atoms with Crippen molar-refractivity contribution in [1.82, 2.24) is 0 Å². The molecule has 7 nitrogen and oxygen atoms in total. The third kappa shape index (κ3) is 5.37. The molecule has 3 aromatic rings. The normalized spacial score (nSPS) is 13.2. The molecule has 0 radical (unpaired) electrons. The molecule has 0 atom stereocenters. The lowest BCUT2D eigenvalue weighted by Gasteiger charge is -2.15. The third-order valence-corrected chi connectivity index (χ3v) is 6.01. The van der Waals surface area contributed by atoms with Crippen molar-refractivity contribution in [3.63, 3.8) is 0 Å². The van der Waals surface area contributed by atoms with Crippen LogP contribution in [0.2, 0.25) is 0 Å². The number of halogens is 1. The van der Waals surface area contributed by atoms with Crippen LogP contribution in [0.15, 0.2) is 83.5 Å². The lowest BCUT2D eigenvalue weighted by molar-refractivity contribution is -0.120. The highest BCUT2D eigenvalue weighted by Crippen LogP contribution is 2.30. The minimum absolute atomic E-state index is 0.0395. The number of ether oxygens (including phenoxy) is 1. The highest BCUT2D eigenvalue weighted by molar-refractivity contribution is 6.53. The van der Waals surface area contributed by atoms with Gasteiger partial charge >= 0.3 is 5.97 Å². The van der Waals surface area contributed by atoms with E-state index in [-0.39, 0.29) is 16.3 Å². The van der Waals surface area contributed by atoms with Gasteiger partial charge in [-0.05, 0) is 79.1 Å². The average molecular weight is 503 g/mol. The minimum atomic E-state index is -0.605. The standard InChI is InChI=1S/C28H23ClN2O5/c1-2-3-4-18-5-13-22(14-6-18)31-26(33)24(29)25(27(31)34)30-21-11-9-20(10-12-21)28(35)36-23-15-7-19(17-32)8-16-23/h5-17,30H,2-4H2,1H3. The number of rotatable bonds is 9. The van der Waals surface area contributed by atoms with Crippen LogP contribution >= 0.6 is 11.6 Å². The summed E-state index contributed by atoms with van der Waals surface area (Å²) in [5.74, 6) is -1.45. The fourth-order valence-corrected chi connectivity index (χ4v) is 3.87. The molecule has 2 amide bonds. The van der Waals surface area contributed by atoms with Gasteiger partial charge in [0.25, 0.3) is 11.8 Å². The van der Waals surface area contributed by atoms with Crippen LogP contribution in [-0.2, 0) is 16.0 Å². The van der Waals surface area contributed by atoms with Crippen LogP contribution in [0.3, 0.4) is 0 Å². The molecular formula is C28H23ClN2O5. The lowest BCUT2D eigenvalue weighted by atomic mass is 10.1. The topological polar surface area (TPSA) is 92.8 Å². The number of hydrogen-bond donors (Lipinski definition) is 1. The minimum Gasteiger partial charge on any atom is -0.423 e. The first-order valence-electron chi connectivity index (χ1n) is 11.4. The van der Waals surface area contributed by atoms with Gasteiger partial charge in [-0.25, -0.2) is 9.69 Å². The van der Waals surface area contributed by atoms with Crippen molar-refractivity contribution < 1.29 is 23.9 Å². The molecule has 0 bridgehead atoms. The van der Waals surface area contributed by atoms with E-state index in [0.29, 0.717) is 29.0 Å². The Bertz CT molecular complexity index is 1330.